The van der Waals surface area contributed by atoms with Gasteiger partial charge in [-0.05, 0) is 37.5 Å². The second kappa shape index (κ2) is 8.03. The van der Waals surface area contributed by atoms with Crippen LogP contribution in [-0.2, 0) is 6.54 Å². The Balaban J connectivity index is 1.19. The Labute approximate surface area is 172 Å². The fourth-order valence-corrected chi connectivity index (χ4v) is 4.63. The normalized spacial score (nSPS) is 18.6. The number of likely N-dealkylation sites (tertiary alicyclic amines) is 1. The number of anilines is 2. The first-order valence-corrected chi connectivity index (χ1v) is 10.9. The predicted molar refractivity (Wildman–Crippen MR) is 118 cm³/mol. The van der Waals surface area contributed by atoms with Crippen molar-refractivity contribution in [2.45, 2.75) is 45.2 Å². The van der Waals surface area contributed by atoms with Crippen molar-refractivity contribution in [3.8, 4) is 0 Å². The summed E-state index contributed by atoms with van der Waals surface area (Å²) >= 11 is 0. The van der Waals surface area contributed by atoms with E-state index in [1.807, 2.05) is 12.3 Å². The Bertz CT molecular complexity index is 966. The van der Waals surface area contributed by atoms with Gasteiger partial charge in [-0.25, -0.2) is 4.98 Å². The van der Waals surface area contributed by atoms with Crippen LogP contribution in [0, 0.1) is 6.92 Å². The third-order valence-corrected chi connectivity index (χ3v) is 6.27. The summed E-state index contributed by atoms with van der Waals surface area (Å²) in [6, 6.07) is 11.0. The number of hydrogen-bond acceptors (Lipinski definition) is 5. The monoisotopic (exact) mass is 390 g/mol. The van der Waals surface area contributed by atoms with Crippen molar-refractivity contribution in [1.82, 2.24) is 19.9 Å². The second-order valence-electron chi connectivity index (χ2n) is 8.45. The molecule has 6 nitrogen and oxygen atoms in total. The number of para-hydroxylation sites is 1. The zero-order chi connectivity index (χ0) is 19.6. The molecule has 2 saturated heterocycles. The number of hydrogen-bond donors (Lipinski definition) is 2. The minimum atomic E-state index is 0.417. The third kappa shape index (κ3) is 3.94. The minimum Gasteiger partial charge on any atom is -0.358 e. The van der Waals surface area contributed by atoms with E-state index in [4.69, 9.17) is 4.98 Å². The number of nitrogens with zero attached hydrogens (tertiary/aromatic N) is 4. The molecule has 0 atom stereocenters. The number of aryl methyl sites for hydroxylation is 1. The van der Waals surface area contributed by atoms with Crippen LogP contribution in [0.1, 0.15) is 36.9 Å². The van der Waals surface area contributed by atoms with Crippen LogP contribution >= 0.6 is 0 Å². The molecule has 3 aromatic rings. The molecular weight excluding hydrogens is 360 g/mol. The Hall–Kier alpha value is -2.60. The summed E-state index contributed by atoms with van der Waals surface area (Å²) in [6.45, 7) is 7.43. The molecule has 0 radical (unpaired) electrons. The van der Waals surface area contributed by atoms with E-state index in [2.05, 4.69) is 56.3 Å². The maximum Gasteiger partial charge on any atom is 0.224 e. The van der Waals surface area contributed by atoms with E-state index in [9.17, 15) is 0 Å². The first kappa shape index (κ1) is 18.4. The summed E-state index contributed by atoms with van der Waals surface area (Å²) in [5.74, 6) is 1.83. The zero-order valence-electron chi connectivity index (χ0n) is 17.2. The quantitative estimate of drug-likeness (QED) is 0.691. The highest BCUT2D eigenvalue weighted by Crippen LogP contribution is 2.26. The molecule has 2 N–H and O–H groups in total. The van der Waals surface area contributed by atoms with E-state index < -0.39 is 0 Å². The fourth-order valence-electron chi connectivity index (χ4n) is 4.63. The summed E-state index contributed by atoms with van der Waals surface area (Å²) in [5.41, 5.74) is 3.92. The van der Waals surface area contributed by atoms with Gasteiger partial charge in [-0.3, -0.25) is 4.90 Å². The maximum absolute atomic E-state index is 4.80. The molecule has 2 aromatic heterocycles. The van der Waals surface area contributed by atoms with Crippen molar-refractivity contribution in [2.75, 3.05) is 36.4 Å². The lowest BCUT2D eigenvalue weighted by Gasteiger charge is -2.39. The van der Waals surface area contributed by atoms with Gasteiger partial charge in [0.05, 0.1) is 6.04 Å². The SMILES string of the molecule is Cc1[nH]c2ccccc2c1CN1CC(Nc2nccc(N3CCCCCC3)n2)C1. The van der Waals surface area contributed by atoms with Gasteiger partial charge in [-0.15, -0.1) is 0 Å². The molecule has 0 saturated carbocycles. The van der Waals surface area contributed by atoms with Crippen LogP contribution in [0.5, 0.6) is 0 Å². The van der Waals surface area contributed by atoms with E-state index >= 15 is 0 Å². The van der Waals surface area contributed by atoms with E-state index in [-0.39, 0.29) is 0 Å². The minimum absolute atomic E-state index is 0.417. The number of fused-ring (bicyclic) bond motifs is 1. The van der Waals surface area contributed by atoms with Gasteiger partial charge in [-0.2, -0.15) is 4.98 Å². The highest BCUT2D eigenvalue weighted by molar-refractivity contribution is 5.84. The fraction of sp³-hybridized carbons (Fsp3) is 0.478. The van der Waals surface area contributed by atoms with E-state index in [1.165, 1.54) is 47.8 Å². The summed E-state index contributed by atoms with van der Waals surface area (Å²) in [4.78, 5) is 17.7. The van der Waals surface area contributed by atoms with Crippen molar-refractivity contribution in [1.29, 1.82) is 0 Å². The average molecular weight is 391 g/mol. The lowest BCUT2D eigenvalue weighted by Crippen LogP contribution is -2.54. The van der Waals surface area contributed by atoms with Crippen molar-refractivity contribution < 1.29 is 0 Å². The van der Waals surface area contributed by atoms with E-state index in [0.717, 1.165) is 44.5 Å². The Morgan fingerprint density at radius 3 is 2.69 bits per heavy atom. The highest BCUT2D eigenvalue weighted by Gasteiger charge is 2.28. The van der Waals surface area contributed by atoms with Gasteiger partial charge in [0, 0.05) is 55.5 Å². The lowest BCUT2D eigenvalue weighted by molar-refractivity contribution is 0.153. The van der Waals surface area contributed by atoms with Gasteiger partial charge in [0.2, 0.25) is 5.95 Å². The number of H-pyrrole nitrogens is 1. The summed E-state index contributed by atoms with van der Waals surface area (Å²) < 4.78 is 0. The van der Waals surface area contributed by atoms with Crippen molar-refractivity contribution in [3.63, 3.8) is 0 Å². The van der Waals surface area contributed by atoms with E-state index in [0.29, 0.717) is 6.04 Å². The van der Waals surface area contributed by atoms with Gasteiger partial charge >= 0.3 is 0 Å². The van der Waals surface area contributed by atoms with Gasteiger partial charge < -0.3 is 15.2 Å². The lowest BCUT2D eigenvalue weighted by atomic mass is 10.1. The molecule has 4 heterocycles. The average Bonchev–Trinajstić information content (AvgIpc) is 2.87. The van der Waals surface area contributed by atoms with Crippen LogP contribution in [0.25, 0.3) is 10.9 Å². The molecule has 6 heteroatoms. The van der Waals surface area contributed by atoms with Crippen molar-refractivity contribution in [3.05, 3.63) is 47.8 Å². The maximum atomic E-state index is 4.80. The summed E-state index contributed by atoms with van der Waals surface area (Å²) in [6.07, 6.45) is 7.08. The summed E-state index contributed by atoms with van der Waals surface area (Å²) in [5, 5.41) is 4.88. The molecule has 0 amide bonds. The van der Waals surface area contributed by atoms with Crippen LogP contribution in [-0.4, -0.2) is 52.1 Å². The smallest absolute Gasteiger partial charge is 0.224 e. The molecule has 0 aliphatic carbocycles. The van der Waals surface area contributed by atoms with Gasteiger partial charge in [0.15, 0.2) is 0 Å². The zero-order valence-corrected chi connectivity index (χ0v) is 17.2. The van der Waals surface area contributed by atoms with Crippen LogP contribution < -0.4 is 10.2 Å². The van der Waals surface area contributed by atoms with Crippen LogP contribution in [0.4, 0.5) is 11.8 Å². The molecule has 152 valence electrons. The van der Waals surface area contributed by atoms with Gasteiger partial charge in [0.1, 0.15) is 5.82 Å². The first-order valence-electron chi connectivity index (χ1n) is 10.9. The van der Waals surface area contributed by atoms with Crippen LogP contribution in [0.3, 0.4) is 0 Å². The standard InChI is InChI=1S/C23H30N6/c1-17-20(19-8-4-5-9-21(19)25-17)16-28-14-18(15-28)26-23-24-11-10-22(27-23)29-12-6-2-3-7-13-29/h4-5,8-11,18,25H,2-3,6-7,12-16H2,1H3,(H,24,26,27). The summed E-state index contributed by atoms with van der Waals surface area (Å²) in [7, 11) is 0. The van der Waals surface area contributed by atoms with Gasteiger partial charge in [-0.1, -0.05) is 31.0 Å². The molecule has 0 unspecified atom stereocenters. The molecule has 2 fully saturated rings. The number of rotatable bonds is 5. The van der Waals surface area contributed by atoms with Crippen molar-refractivity contribution >= 4 is 22.7 Å². The predicted octanol–water partition coefficient (Wildman–Crippen LogP) is 3.94. The Morgan fingerprint density at radius 2 is 1.86 bits per heavy atom. The Morgan fingerprint density at radius 1 is 1.07 bits per heavy atom. The second-order valence-corrected chi connectivity index (χ2v) is 8.45. The molecule has 5 rings (SSSR count). The molecule has 29 heavy (non-hydrogen) atoms. The molecule has 0 bridgehead atoms. The Kier molecular flexibility index (Phi) is 5.10. The van der Waals surface area contributed by atoms with Crippen LogP contribution in [0.15, 0.2) is 36.5 Å². The van der Waals surface area contributed by atoms with Crippen LogP contribution in [0.2, 0.25) is 0 Å². The number of aromatic nitrogens is 3. The number of benzene rings is 1. The van der Waals surface area contributed by atoms with Gasteiger partial charge in [0.25, 0.3) is 0 Å². The largest absolute Gasteiger partial charge is 0.358 e. The molecule has 2 aliphatic heterocycles. The molecule has 0 spiro atoms. The molecule has 2 aliphatic rings. The highest BCUT2D eigenvalue weighted by atomic mass is 15.3. The first-order chi connectivity index (χ1) is 14.3. The van der Waals surface area contributed by atoms with E-state index in [1.54, 1.807) is 0 Å². The molecule has 1 aromatic carbocycles. The number of aromatic amines is 1. The third-order valence-electron chi connectivity index (χ3n) is 6.27. The molecular formula is C23H30N6. The number of nitrogens with one attached hydrogen (secondary N) is 2. The topological polar surface area (TPSA) is 60.1 Å². The van der Waals surface area contributed by atoms with Crippen molar-refractivity contribution in [2.24, 2.45) is 0 Å².